The van der Waals surface area contributed by atoms with Crippen LogP contribution in [0.15, 0.2) is 17.0 Å². The lowest BCUT2D eigenvalue weighted by Gasteiger charge is -2.30. The van der Waals surface area contributed by atoms with Crippen LogP contribution in [0.1, 0.15) is 24.0 Å². The highest BCUT2D eigenvalue weighted by atomic mass is 32.2. The van der Waals surface area contributed by atoms with Gasteiger partial charge in [-0.25, -0.2) is 17.2 Å². The lowest BCUT2D eigenvalue weighted by Crippen LogP contribution is -2.42. The van der Waals surface area contributed by atoms with Crippen LogP contribution in [0.2, 0.25) is 0 Å². The quantitative estimate of drug-likeness (QED) is 0.652. The first-order chi connectivity index (χ1) is 8.87. The van der Waals surface area contributed by atoms with Gasteiger partial charge in [-0.05, 0) is 18.6 Å². The SMILES string of the molecule is N=Cc1cc(C(F)F)cc(S(=O)(=O)N2CCC2)c1N. The molecular weight excluding hydrogens is 276 g/mol. The minimum absolute atomic E-state index is 0.0168. The van der Waals surface area contributed by atoms with Crippen LogP contribution in [0.5, 0.6) is 0 Å². The molecule has 0 saturated carbocycles. The van der Waals surface area contributed by atoms with Crippen LogP contribution in [-0.4, -0.2) is 32.0 Å². The average Bonchev–Trinajstić information content (AvgIpc) is 2.25. The van der Waals surface area contributed by atoms with Crippen molar-refractivity contribution in [1.82, 2.24) is 4.31 Å². The Labute approximate surface area is 109 Å². The summed E-state index contributed by atoms with van der Waals surface area (Å²) in [5.74, 6) is 0. The molecule has 0 amide bonds. The first-order valence-corrected chi connectivity index (χ1v) is 7.04. The van der Waals surface area contributed by atoms with Crippen LogP contribution in [-0.2, 0) is 10.0 Å². The topological polar surface area (TPSA) is 87.2 Å². The Morgan fingerprint density at radius 3 is 2.42 bits per heavy atom. The number of alkyl halides is 2. The molecule has 1 aliphatic heterocycles. The van der Waals surface area contributed by atoms with Crippen LogP contribution in [0.4, 0.5) is 14.5 Å². The van der Waals surface area contributed by atoms with Gasteiger partial charge in [-0.1, -0.05) is 0 Å². The summed E-state index contributed by atoms with van der Waals surface area (Å²) in [6.07, 6.45) is -1.30. The van der Waals surface area contributed by atoms with E-state index >= 15 is 0 Å². The Bertz CT molecular complexity index is 613. The van der Waals surface area contributed by atoms with Crippen molar-refractivity contribution in [3.63, 3.8) is 0 Å². The molecule has 1 aromatic carbocycles. The van der Waals surface area contributed by atoms with E-state index in [1.54, 1.807) is 0 Å². The average molecular weight is 289 g/mol. The molecule has 3 N–H and O–H groups in total. The van der Waals surface area contributed by atoms with E-state index in [4.69, 9.17) is 11.1 Å². The molecule has 1 fully saturated rings. The smallest absolute Gasteiger partial charge is 0.263 e. The lowest BCUT2D eigenvalue weighted by atomic mass is 10.1. The number of nitrogens with one attached hydrogen (secondary N) is 1. The maximum absolute atomic E-state index is 12.8. The standard InChI is InChI=1S/C11H13F2N3O2S/c12-11(13)7-4-8(6-14)10(15)9(5-7)19(17,18)16-2-1-3-16/h4-6,11,14H,1-3,15H2. The Balaban J connectivity index is 2.61. The van der Waals surface area contributed by atoms with E-state index in [0.29, 0.717) is 13.1 Å². The summed E-state index contributed by atoms with van der Waals surface area (Å²) >= 11 is 0. The summed E-state index contributed by atoms with van der Waals surface area (Å²) in [6.45, 7) is 0.723. The molecule has 19 heavy (non-hydrogen) atoms. The maximum Gasteiger partial charge on any atom is 0.263 e. The van der Waals surface area contributed by atoms with E-state index in [2.05, 4.69) is 0 Å². The van der Waals surface area contributed by atoms with Gasteiger partial charge in [0.2, 0.25) is 10.0 Å². The van der Waals surface area contributed by atoms with Crippen molar-refractivity contribution in [3.05, 3.63) is 23.3 Å². The summed E-state index contributed by atoms with van der Waals surface area (Å²) in [5, 5.41) is 7.13. The van der Waals surface area contributed by atoms with Gasteiger partial charge in [-0.3, -0.25) is 0 Å². The van der Waals surface area contributed by atoms with Crippen molar-refractivity contribution in [2.75, 3.05) is 18.8 Å². The first kappa shape index (κ1) is 13.9. The fraction of sp³-hybridized carbons (Fsp3) is 0.364. The number of nitrogens with two attached hydrogens (primary N) is 1. The molecule has 0 aliphatic carbocycles. The fourth-order valence-corrected chi connectivity index (χ4v) is 3.49. The summed E-state index contributed by atoms with van der Waals surface area (Å²) in [6, 6.07) is 1.92. The number of benzene rings is 1. The Morgan fingerprint density at radius 2 is 2.00 bits per heavy atom. The predicted octanol–water partition coefficient (Wildman–Crippen LogP) is 1.60. The van der Waals surface area contributed by atoms with Gasteiger partial charge in [0, 0.05) is 30.4 Å². The van der Waals surface area contributed by atoms with Crippen LogP contribution in [0.3, 0.4) is 0 Å². The second kappa shape index (κ2) is 4.86. The van der Waals surface area contributed by atoms with Gasteiger partial charge in [0.05, 0.1) is 5.69 Å². The summed E-state index contributed by atoms with van der Waals surface area (Å²) in [4.78, 5) is -0.344. The van der Waals surface area contributed by atoms with Crippen LogP contribution < -0.4 is 5.73 Å². The molecule has 0 aromatic heterocycles. The van der Waals surface area contributed by atoms with Gasteiger partial charge >= 0.3 is 0 Å². The molecule has 1 saturated heterocycles. The minimum atomic E-state index is -3.85. The zero-order valence-electron chi connectivity index (χ0n) is 9.94. The van der Waals surface area contributed by atoms with E-state index in [-0.39, 0.29) is 16.1 Å². The number of sulfonamides is 1. The number of halogens is 2. The molecule has 0 spiro atoms. The largest absolute Gasteiger partial charge is 0.397 e. The van der Waals surface area contributed by atoms with Gasteiger partial charge in [0.25, 0.3) is 6.43 Å². The fourth-order valence-electron chi connectivity index (χ4n) is 1.80. The van der Waals surface area contributed by atoms with Gasteiger partial charge in [0.1, 0.15) is 4.90 Å². The second-order valence-corrected chi connectivity index (χ2v) is 6.13. The first-order valence-electron chi connectivity index (χ1n) is 5.60. The molecule has 0 bridgehead atoms. The molecule has 0 radical (unpaired) electrons. The van der Waals surface area contributed by atoms with Crippen LogP contribution in [0.25, 0.3) is 0 Å². The van der Waals surface area contributed by atoms with Gasteiger partial charge in [0.15, 0.2) is 0 Å². The molecule has 1 aromatic rings. The van der Waals surface area contributed by atoms with Crippen molar-refractivity contribution < 1.29 is 17.2 Å². The Kier molecular flexibility index (Phi) is 3.55. The third-order valence-corrected chi connectivity index (χ3v) is 4.98. The van der Waals surface area contributed by atoms with E-state index in [1.807, 2.05) is 0 Å². The number of hydrogen-bond donors (Lipinski definition) is 2. The lowest BCUT2D eigenvalue weighted by molar-refractivity contribution is 0.151. The van der Waals surface area contributed by atoms with E-state index < -0.39 is 22.0 Å². The molecule has 0 unspecified atom stereocenters. The number of rotatable bonds is 4. The Hall–Kier alpha value is -1.54. The van der Waals surface area contributed by atoms with Crippen LogP contribution in [0, 0.1) is 5.41 Å². The van der Waals surface area contributed by atoms with Crippen molar-refractivity contribution in [1.29, 1.82) is 5.41 Å². The van der Waals surface area contributed by atoms with E-state index in [9.17, 15) is 17.2 Å². The van der Waals surface area contributed by atoms with Gasteiger partial charge < -0.3 is 11.1 Å². The highest BCUT2D eigenvalue weighted by molar-refractivity contribution is 7.89. The zero-order chi connectivity index (χ0) is 14.2. The number of hydrogen-bond acceptors (Lipinski definition) is 4. The molecule has 1 heterocycles. The van der Waals surface area contributed by atoms with Crippen LogP contribution >= 0.6 is 0 Å². The van der Waals surface area contributed by atoms with Gasteiger partial charge in [-0.15, -0.1) is 0 Å². The molecule has 0 atom stereocenters. The predicted molar refractivity (Wildman–Crippen MR) is 67.1 cm³/mol. The molecule has 104 valence electrons. The highest BCUT2D eigenvalue weighted by Crippen LogP contribution is 2.32. The molecule has 8 heteroatoms. The number of nitrogens with zero attached hydrogens (tertiary/aromatic N) is 1. The monoisotopic (exact) mass is 289 g/mol. The minimum Gasteiger partial charge on any atom is -0.397 e. The molecule has 2 rings (SSSR count). The third-order valence-electron chi connectivity index (χ3n) is 3.04. The normalized spacial score (nSPS) is 16.4. The van der Waals surface area contributed by atoms with Crippen molar-refractivity contribution >= 4 is 21.9 Å². The Morgan fingerprint density at radius 1 is 1.37 bits per heavy atom. The maximum atomic E-state index is 12.8. The van der Waals surface area contributed by atoms with E-state index in [0.717, 1.165) is 24.8 Å². The third kappa shape index (κ3) is 2.33. The molecular formula is C11H13F2N3O2S. The van der Waals surface area contributed by atoms with Crippen molar-refractivity contribution in [2.45, 2.75) is 17.7 Å². The zero-order valence-corrected chi connectivity index (χ0v) is 10.8. The van der Waals surface area contributed by atoms with Crippen molar-refractivity contribution in [2.24, 2.45) is 0 Å². The van der Waals surface area contributed by atoms with Gasteiger partial charge in [-0.2, -0.15) is 4.31 Å². The number of nitrogen functional groups attached to an aromatic ring is 1. The molecule has 5 nitrogen and oxygen atoms in total. The number of anilines is 1. The molecule has 1 aliphatic rings. The highest BCUT2D eigenvalue weighted by Gasteiger charge is 2.32. The summed E-state index contributed by atoms with van der Waals surface area (Å²) < 4.78 is 51.1. The summed E-state index contributed by atoms with van der Waals surface area (Å²) in [5.41, 5.74) is 5.03. The summed E-state index contributed by atoms with van der Waals surface area (Å²) in [7, 11) is -3.85. The second-order valence-electron chi connectivity index (χ2n) is 4.22. The van der Waals surface area contributed by atoms with Crippen molar-refractivity contribution in [3.8, 4) is 0 Å². The van der Waals surface area contributed by atoms with E-state index in [1.165, 1.54) is 4.31 Å².